The van der Waals surface area contributed by atoms with Gasteiger partial charge in [-0.15, -0.1) is 0 Å². The molecule has 4 nitrogen and oxygen atoms in total. The number of aliphatic hydroxyl groups is 1. The number of hydrogen-bond acceptors (Lipinski definition) is 3. The Morgan fingerprint density at radius 2 is 1.76 bits per heavy atom. The molecule has 0 radical (unpaired) electrons. The third kappa shape index (κ3) is 3.68. The first-order valence-electron chi connectivity index (χ1n) is 5.06. The summed E-state index contributed by atoms with van der Waals surface area (Å²) in [7, 11) is 0. The minimum atomic E-state index is -0.453. The smallest absolute Gasteiger partial charge is 0.276 e. The molecule has 0 fully saturated rings. The maximum atomic E-state index is 11.6. The number of rotatable bonds is 3. The van der Waals surface area contributed by atoms with Crippen molar-refractivity contribution in [2.45, 2.75) is 13.8 Å². The Hall–Kier alpha value is -2.23. The van der Waals surface area contributed by atoms with E-state index in [1.807, 2.05) is 0 Å². The second kappa shape index (κ2) is 5.75. The molecule has 0 saturated heterocycles. The topological polar surface area (TPSA) is 66.7 Å². The van der Waals surface area contributed by atoms with Crippen LogP contribution in [-0.2, 0) is 4.79 Å². The van der Waals surface area contributed by atoms with Crippen LogP contribution >= 0.6 is 0 Å². The quantitative estimate of drug-likeness (QED) is 0.493. The maximum absolute atomic E-state index is 11.6. The number of hydrogen-bond donors (Lipinski definition) is 1. The van der Waals surface area contributed by atoms with Crippen molar-refractivity contribution in [2.75, 3.05) is 0 Å². The highest BCUT2D eigenvalue weighted by Gasteiger charge is 2.07. The average molecular weight is 231 g/mol. The molecule has 1 aromatic carbocycles. The monoisotopic (exact) mass is 231 g/mol. The lowest BCUT2D eigenvalue weighted by molar-refractivity contribution is -0.113. The fourth-order valence-corrected chi connectivity index (χ4v) is 1.22. The molecule has 0 aromatic heterocycles. The van der Waals surface area contributed by atoms with Gasteiger partial charge in [0.1, 0.15) is 5.76 Å². The predicted molar refractivity (Wildman–Crippen MR) is 65.3 cm³/mol. The Bertz CT molecular complexity index is 483. The predicted octanol–water partition coefficient (Wildman–Crippen LogP) is 2.32. The zero-order chi connectivity index (χ0) is 12.8. The summed E-state index contributed by atoms with van der Waals surface area (Å²) in [4.78, 5) is 26.3. The van der Waals surface area contributed by atoms with Crippen LogP contribution < -0.4 is 0 Å². The zero-order valence-corrected chi connectivity index (χ0v) is 9.68. The van der Waals surface area contributed by atoms with Gasteiger partial charge in [-0.2, -0.15) is 0 Å². The number of ketones is 1. The summed E-state index contributed by atoms with van der Waals surface area (Å²) < 4.78 is 0. The molecule has 0 heterocycles. The second-order valence-corrected chi connectivity index (χ2v) is 3.48. The van der Waals surface area contributed by atoms with Crippen molar-refractivity contribution in [1.29, 1.82) is 0 Å². The van der Waals surface area contributed by atoms with Crippen molar-refractivity contribution in [3.8, 4) is 0 Å². The van der Waals surface area contributed by atoms with Gasteiger partial charge in [-0.1, -0.05) is 18.2 Å². The second-order valence-electron chi connectivity index (χ2n) is 3.48. The van der Waals surface area contributed by atoms with Crippen LogP contribution in [0.5, 0.6) is 0 Å². The van der Waals surface area contributed by atoms with Gasteiger partial charge >= 0.3 is 0 Å². The molecule has 0 aliphatic rings. The van der Waals surface area contributed by atoms with Crippen molar-refractivity contribution in [3.05, 3.63) is 47.2 Å². The molecular weight excluding hydrogens is 218 g/mol. The van der Waals surface area contributed by atoms with Gasteiger partial charge in [0.05, 0.1) is 5.57 Å². The molecule has 1 N–H and O–H groups in total. The van der Waals surface area contributed by atoms with Crippen LogP contribution in [0.25, 0.3) is 0 Å². The molecule has 88 valence electrons. The summed E-state index contributed by atoms with van der Waals surface area (Å²) in [6, 6.07) is 8.49. The van der Waals surface area contributed by atoms with E-state index in [9.17, 15) is 14.7 Å². The van der Waals surface area contributed by atoms with Crippen LogP contribution in [0.1, 0.15) is 24.2 Å². The fourth-order valence-electron chi connectivity index (χ4n) is 1.22. The maximum Gasteiger partial charge on any atom is 0.276 e. The van der Waals surface area contributed by atoms with Crippen molar-refractivity contribution in [3.63, 3.8) is 0 Å². The Morgan fingerprint density at radius 1 is 1.18 bits per heavy atom. The molecule has 0 bridgehead atoms. The van der Waals surface area contributed by atoms with Crippen LogP contribution in [-0.4, -0.2) is 23.0 Å². The molecule has 1 amide bonds. The molecule has 17 heavy (non-hydrogen) atoms. The van der Waals surface area contributed by atoms with E-state index in [1.165, 1.54) is 13.8 Å². The first-order valence-corrected chi connectivity index (χ1v) is 5.06. The molecule has 1 rings (SSSR count). The molecule has 0 spiro atoms. The molecule has 0 unspecified atom stereocenters. The van der Waals surface area contributed by atoms with Gasteiger partial charge in [-0.3, -0.25) is 9.59 Å². The average Bonchev–Trinajstić information content (AvgIpc) is 2.29. The standard InChI is InChI=1S/C13H13NO3/c1-9(15)12(10(2)16)8-14-13(17)11-6-4-3-5-7-11/h3-8,15H,1-2H3/b12-9-,14-8?. The molecule has 0 atom stereocenters. The summed E-state index contributed by atoms with van der Waals surface area (Å²) in [5.41, 5.74) is 0.469. The number of allylic oxidation sites excluding steroid dienone is 2. The van der Waals surface area contributed by atoms with Gasteiger partial charge in [0, 0.05) is 11.8 Å². The number of Topliss-reactive ketones (excluding diaryl/α,β-unsaturated/α-hetero) is 1. The molecule has 4 heteroatoms. The Kier molecular flexibility index (Phi) is 4.34. The first kappa shape index (κ1) is 12.8. The third-order valence-electron chi connectivity index (χ3n) is 2.10. The Labute approximate surface area is 99.3 Å². The highest BCUT2D eigenvalue weighted by molar-refractivity contribution is 6.15. The van der Waals surface area contributed by atoms with E-state index in [0.29, 0.717) is 5.56 Å². The summed E-state index contributed by atoms with van der Waals surface area (Å²) in [6.07, 6.45) is 1.09. The minimum Gasteiger partial charge on any atom is -0.512 e. The largest absolute Gasteiger partial charge is 0.512 e. The van der Waals surface area contributed by atoms with E-state index < -0.39 is 5.91 Å². The summed E-state index contributed by atoms with van der Waals surface area (Å²) >= 11 is 0. The summed E-state index contributed by atoms with van der Waals surface area (Å²) in [5.74, 6) is -0.942. The lowest BCUT2D eigenvalue weighted by Crippen LogP contribution is -2.04. The number of carbonyl (C=O) groups excluding carboxylic acids is 2. The highest BCUT2D eigenvalue weighted by atomic mass is 16.3. The van der Waals surface area contributed by atoms with Gasteiger partial charge in [0.25, 0.3) is 5.91 Å². The first-order chi connectivity index (χ1) is 8.02. The van der Waals surface area contributed by atoms with E-state index in [1.54, 1.807) is 30.3 Å². The molecular formula is C13H13NO3. The Morgan fingerprint density at radius 3 is 2.24 bits per heavy atom. The van der Waals surface area contributed by atoms with Crippen LogP contribution in [0.2, 0.25) is 0 Å². The lowest BCUT2D eigenvalue weighted by atomic mass is 10.2. The van der Waals surface area contributed by atoms with Gasteiger partial charge in [0.2, 0.25) is 0 Å². The van der Waals surface area contributed by atoms with Crippen molar-refractivity contribution >= 4 is 17.9 Å². The van der Waals surface area contributed by atoms with Crippen molar-refractivity contribution < 1.29 is 14.7 Å². The molecule has 0 aliphatic carbocycles. The zero-order valence-electron chi connectivity index (χ0n) is 9.68. The number of aliphatic imine (C=N–C) groups is 1. The van der Waals surface area contributed by atoms with Crippen LogP contribution in [0.15, 0.2) is 46.7 Å². The van der Waals surface area contributed by atoms with Gasteiger partial charge in [-0.05, 0) is 26.0 Å². The van der Waals surface area contributed by atoms with Crippen molar-refractivity contribution in [1.82, 2.24) is 0 Å². The SMILES string of the molecule is CC(=O)/C(C=NC(=O)c1ccccc1)=C(/C)O. The Balaban J connectivity index is 2.89. The van der Waals surface area contributed by atoms with Crippen LogP contribution in [0, 0.1) is 0 Å². The van der Waals surface area contributed by atoms with Crippen LogP contribution in [0.3, 0.4) is 0 Å². The normalized spacial score (nSPS) is 12.4. The van der Waals surface area contributed by atoms with E-state index in [2.05, 4.69) is 4.99 Å². The van der Waals surface area contributed by atoms with E-state index in [0.717, 1.165) is 6.21 Å². The van der Waals surface area contributed by atoms with E-state index >= 15 is 0 Å². The number of amides is 1. The summed E-state index contributed by atoms with van der Waals surface area (Å²) in [5, 5.41) is 9.22. The number of aliphatic hydroxyl groups excluding tert-OH is 1. The molecule has 0 aliphatic heterocycles. The van der Waals surface area contributed by atoms with E-state index in [4.69, 9.17) is 0 Å². The van der Waals surface area contributed by atoms with Gasteiger partial charge in [0.15, 0.2) is 5.78 Å². The number of benzene rings is 1. The number of carbonyl (C=O) groups is 2. The fraction of sp³-hybridized carbons (Fsp3) is 0.154. The molecule has 0 saturated carbocycles. The minimum absolute atomic E-state index is 0.0364. The summed E-state index contributed by atoms with van der Waals surface area (Å²) in [6.45, 7) is 2.67. The van der Waals surface area contributed by atoms with Gasteiger partial charge in [-0.25, -0.2) is 4.99 Å². The van der Waals surface area contributed by atoms with Crippen molar-refractivity contribution in [2.24, 2.45) is 4.99 Å². The lowest BCUT2D eigenvalue weighted by Gasteiger charge is -1.97. The number of nitrogens with zero attached hydrogens (tertiary/aromatic N) is 1. The highest BCUT2D eigenvalue weighted by Crippen LogP contribution is 2.03. The van der Waals surface area contributed by atoms with Gasteiger partial charge < -0.3 is 5.11 Å². The van der Waals surface area contributed by atoms with E-state index in [-0.39, 0.29) is 17.1 Å². The van der Waals surface area contributed by atoms with Crippen LogP contribution in [0.4, 0.5) is 0 Å². The third-order valence-corrected chi connectivity index (χ3v) is 2.10. The molecule has 1 aromatic rings.